The van der Waals surface area contributed by atoms with Crippen LogP contribution in [0, 0.1) is 12.7 Å². The third-order valence-electron chi connectivity index (χ3n) is 3.92. The molecule has 1 atom stereocenters. The Bertz CT molecular complexity index is 823. The zero-order valence-electron chi connectivity index (χ0n) is 11.7. The molecule has 1 heterocycles. The van der Waals surface area contributed by atoms with Crippen molar-refractivity contribution in [3.63, 3.8) is 0 Å². The number of aryl methyl sites for hydroxylation is 1. The van der Waals surface area contributed by atoms with Gasteiger partial charge in [0.25, 0.3) is 5.56 Å². The summed E-state index contributed by atoms with van der Waals surface area (Å²) >= 11 is 0. The first-order chi connectivity index (χ1) is 9.97. The molecule has 5 heteroatoms. The van der Waals surface area contributed by atoms with E-state index in [1.54, 1.807) is 6.92 Å². The van der Waals surface area contributed by atoms with Gasteiger partial charge < -0.3 is 0 Å². The van der Waals surface area contributed by atoms with E-state index in [2.05, 4.69) is 11.6 Å². The number of hydrogen-bond donors (Lipinski definition) is 0. The molecule has 1 aromatic heterocycles. The predicted molar refractivity (Wildman–Crippen MR) is 77.7 cm³/mol. The fourth-order valence-electron chi connectivity index (χ4n) is 2.88. The number of hydrogen-bond acceptors (Lipinski definition) is 3. The highest BCUT2D eigenvalue weighted by Gasteiger charge is 2.28. The van der Waals surface area contributed by atoms with Gasteiger partial charge in [-0.2, -0.15) is 0 Å². The summed E-state index contributed by atoms with van der Waals surface area (Å²) in [6.45, 7) is 5.50. The van der Waals surface area contributed by atoms with Crippen LogP contribution in [0.5, 0.6) is 0 Å². The van der Waals surface area contributed by atoms with Gasteiger partial charge in [0.15, 0.2) is 5.78 Å². The molecule has 4 nitrogen and oxygen atoms in total. The predicted octanol–water partition coefficient (Wildman–Crippen LogP) is 2.69. The molecule has 1 saturated carbocycles. The number of ketones is 1. The smallest absolute Gasteiger partial charge is 0.262 e. The molecule has 2 aromatic rings. The first-order valence-corrected chi connectivity index (χ1v) is 6.85. The maximum Gasteiger partial charge on any atom is 0.262 e. The number of rotatable bonds is 1. The van der Waals surface area contributed by atoms with Crippen LogP contribution in [-0.4, -0.2) is 15.3 Å². The van der Waals surface area contributed by atoms with Crippen molar-refractivity contribution in [3.05, 3.63) is 52.3 Å². The lowest BCUT2D eigenvalue weighted by atomic mass is 9.90. The van der Waals surface area contributed by atoms with Gasteiger partial charge in [0.05, 0.1) is 16.9 Å². The van der Waals surface area contributed by atoms with Crippen LogP contribution >= 0.6 is 0 Å². The zero-order chi connectivity index (χ0) is 15.1. The Labute approximate surface area is 120 Å². The standard InChI is InChI=1S/C16H15FN2O2/c1-9-3-6-14(15(20)7-9)19-10(2)18-13-8-11(17)4-5-12(13)16(19)21/h4-5,8,14H,1,3,6-7H2,2H3. The highest BCUT2D eigenvalue weighted by atomic mass is 19.1. The van der Waals surface area contributed by atoms with Crippen LogP contribution in [0.1, 0.15) is 31.1 Å². The van der Waals surface area contributed by atoms with Gasteiger partial charge in [-0.05, 0) is 31.9 Å². The van der Waals surface area contributed by atoms with E-state index >= 15 is 0 Å². The lowest BCUT2D eigenvalue weighted by molar-refractivity contribution is -0.122. The number of fused-ring (bicyclic) bond motifs is 1. The van der Waals surface area contributed by atoms with Crippen LogP contribution in [-0.2, 0) is 4.79 Å². The van der Waals surface area contributed by atoms with Crippen molar-refractivity contribution >= 4 is 16.7 Å². The average molecular weight is 286 g/mol. The molecule has 1 unspecified atom stereocenters. The highest BCUT2D eigenvalue weighted by Crippen LogP contribution is 2.28. The lowest BCUT2D eigenvalue weighted by Gasteiger charge is -2.25. The summed E-state index contributed by atoms with van der Waals surface area (Å²) in [7, 11) is 0. The van der Waals surface area contributed by atoms with Crippen LogP contribution < -0.4 is 5.56 Å². The number of aromatic nitrogens is 2. The minimum absolute atomic E-state index is 0.0142. The van der Waals surface area contributed by atoms with Crippen LogP contribution in [0.4, 0.5) is 4.39 Å². The minimum atomic E-state index is -0.495. The van der Waals surface area contributed by atoms with E-state index in [4.69, 9.17) is 0 Å². The van der Waals surface area contributed by atoms with Gasteiger partial charge >= 0.3 is 0 Å². The van der Waals surface area contributed by atoms with E-state index < -0.39 is 11.9 Å². The van der Waals surface area contributed by atoms with Gasteiger partial charge in [-0.3, -0.25) is 14.2 Å². The first-order valence-electron chi connectivity index (χ1n) is 6.85. The number of allylic oxidation sites excluding steroid dienone is 1. The second-order valence-corrected chi connectivity index (χ2v) is 5.44. The molecule has 0 N–H and O–H groups in total. The third kappa shape index (κ3) is 2.28. The number of Topliss-reactive ketones (excluding diaryl/α,β-unsaturated/α-hetero) is 1. The van der Waals surface area contributed by atoms with Gasteiger partial charge in [0.2, 0.25) is 0 Å². The van der Waals surface area contributed by atoms with Gasteiger partial charge in [-0.1, -0.05) is 12.2 Å². The quantitative estimate of drug-likeness (QED) is 0.757. The van der Waals surface area contributed by atoms with E-state index in [1.807, 2.05) is 0 Å². The zero-order valence-corrected chi connectivity index (χ0v) is 11.7. The summed E-state index contributed by atoms with van der Waals surface area (Å²) in [6.07, 6.45) is 1.59. The number of carbonyl (C=O) groups excluding carboxylic acids is 1. The van der Waals surface area contributed by atoms with Gasteiger partial charge in [-0.25, -0.2) is 9.37 Å². The fraction of sp³-hybridized carbons (Fsp3) is 0.312. The SMILES string of the molecule is C=C1CCC(n2c(C)nc3cc(F)ccc3c2=O)C(=O)C1. The van der Waals surface area contributed by atoms with Gasteiger partial charge in [-0.15, -0.1) is 0 Å². The maximum absolute atomic E-state index is 13.2. The van der Waals surface area contributed by atoms with Crippen molar-refractivity contribution < 1.29 is 9.18 Å². The molecule has 0 radical (unpaired) electrons. The average Bonchev–Trinajstić information content (AvgIpc) is 2.40. The number of carbonyl (C=O) groups is 1. The molecule has 1 aromatic carbocycles. The lowest BCUT2D eigenvalue weighted by Crippen LogP contribution is -2.34. The Hall–Kier alpha value is -2.30. The summed E-state index contributed by atoms with van der Waals surface area (Å²) in [6, 6.07) is 3.39. The van der Waals surface area contributed by atoms with E-state index in [9.17, 15) is 14.0 Å². The van der Waals surface area contributed by atoms with Crippen molar-refractivity contribution in [1.29, 1.82) is 0 Å². The molecule has 3 rings (SSSR count). The van der Waals surface area contributed by atoms with E-state index in [1.165, 1.54) is 22.8 Å². The molecule has 1 fully saturated rings. The van der Waals surface area contributed by atoms with E-state index in [-0.39, 0.29) is 11.3 Å². The summed E-state index contributed by atoms with van der Waals surface area (Å²) < 4.78 is 14.7. The molecule has 0 spiro atoms. The van der Waals surface area contributed by atoms with Crippen LogP contribution in [0.3, 0.4) is 0 Å². The van der Waals surface area contributed by atoms with Crippen LogP contribution in [0.25, 0.3) is 10.9 Å². The van der Waals surface area contributed by atoms with Crippen molar-refractivity contribution in [2.75, 3.05) is 0 Å². The van der Waals surface area contributed by atoms with Gasteiger partial charge in [0, 0.05) is 12.5 Å². The molecule has 1 aliphatic rings. The highest BCUT2D eigenvalue weighted by molar-refractivity contribution is 5.86. The molecule has 0 aliphatic heterocycles. The van der Waals surface area contributed by atoms with Gasteiger partial charge in [0.1, 0.15) is 11.6 Å². The maximum atomic E-state index is 13.2. The van der Waals surface area contributed by atoms with E-state index in [0.717, 1.165) is 12.0 Å². The molecule has 108 valence electrons. The monoisotopic (exact) mass is 286 g/mol. The molecule has 21 heavy (non-hydrogen) atoms. The minimum Gasteiger partial charge on any atom is -0.297 e. The summed E-state index contributed by atoms with van der Waals surface area (Å²) in [5.74, 6) is -0.0136. The second-order valence-electron chi connectivity index (χ2n) is 5.44. The Balaban J connectivity index is 2.19. The number of nitrogens with zero attached hydrogens (tertiary/aromatic N) is 2. The topological polar surface area (TPSA) is 52.0 Å². The largest absolute Gasteiger partial charge is 0.297 e. The molecule has 1 aliphatic carbocycles. The molecule has 0 saturated heterocycles. The van der Waals surface area contributed by atoms with E-state index in [0.29, 0.717) is 29.6 Å². The first kappa shape index (κ1) is 13.7. The van der Waals surface area contributed by atoms with Crippen molar-refractivity contribution in [3.8, 4) is 0 Å². The summed E-state index contributed by atoms with van der Waals surface area (Å²) in [5.41, 5.74) is 0.933. The second kappa shape index (κ2) is 4.91. The molecule has 0 bridgehead atoms. The Morgan fingerprint density at radius 3 is 2.86 bits per heavy atom. The number of halogens is 1. The normalized spacial score (nSPS) is 19.2. The molecular weight excluding hydrogens is 271 g/mol. The third-order valence-corrected chi connectivity index (χ3v) is 3.92. The Kier molecular flexibility index (Phi) is 3.20. The van der Waals surface area contributed by atoms with Crippen molar-refractivity contribution in [1.82, 2.24) is 9.55 Å². The molecular formula is C16H15FN2O2. The molecule has 0 amide bonds. The van der Waals surface area contributed by atoms with Crippen LogP contribution in [0.15, 0.2) is 35.1 Å². The number of benzene rings is 1. The fourth-order valence-corrected chi connectivity index (χ4v) is 2.88. The Morgan fingerprint density at radius 1 is 1.38 bits per heavy atom. The van der Waals surface area contributed by atoms with Crippen molar-refractivity contribution in [2.45, 2.75) is 32.2 Å². The Morgan fingerprint density at radius 2 is 2.14 bits per heavy atom. The summed E-state index contributed by atoms with van der Waals surface area (Å²) in [5, 5.41) is 0.333. The van der Waals surface area contributed by atoms with Crippen molar-refractivity contribution in [2.24, 2.45) is 0 Å². The summed E-state index contributed by atoms with van der Waals surface area (Å²) in [4.78, 5) is 29.1. The van der Waals surface area contributed by atoms with Crippen LogP contribution in [0.2, 0.25) is 0 Å².